The van der Waals surface area contributed by atoms with Crippen molar-refractivity contribution in [3.05, 3.63) is 59.1 Å². The molecule has 96 valence electrons. The van der Waals surface area contributed by atoms with Crippen molar-refractivity contribution in [3.63, 3.8) is 0 Å². The zero-order valence-electron chi connectivity index (χ0n) is 10.2. The number of carbonyl (C=O) groups is 1. The molecule has 1 N–H and O–H groups in total. The fourth-order valence-corrected chi connectivity index (χ4v) is 1.70. The van der Waals surface area contributed by atoms with E-state index in [4.69, 9.17) is 11.6 Å². The molecule has 0 atom stereocenters. The number of aromatic nitrogens is 2. The molecule has 2 rings (SSSR count). The molecule has 1 aromatic heterocycles. The van der Waals surface area contributed by atoms with Crippen molar-refractivity contribution in [1.29, 1.82) is 0 Å². The fourth-order valence-electron chi connectivity index (χ4n) is 1.42. The van der Waals surface area contributed by atoms with E-state index >= 15 is 0 Å². The molecule has 0 saturated heterocycles. The fraction of sp³-hybridized carbons (Fsp3) is 0.0769. The molecule has 0 spiro atoms. The van der Waals surface area contributed by atoms with Gasteiger partial charge in [-0.2, -0.15) is 5.10 Å². The number of hydrogen-bond acceptors (Lipinski definition) is 4. The molecule has 19 heavy (non-hydrogen) atoms. The number of amides is 1. The lowest BCUT2D eigenvalue weighted by molar-refractivity contribution is 0.0949. The Balaban J connectivity index is 2.11. The third-order valence-electron chi connectivity index (χ3n) is 2.38. The molecule has 0 radical (unpaired) electrons. The topological polar surface area (TPSA) is 67.2 Å². The first kappa shape index (κ1) is 13.2. The van der Waals surface area contributed by atoms with Crippen LogP contribution in [0.2, 0.25) is 5.02 Å². The summed E-state index contributed by atoms with van der Waals surface area (Å²) < 4.78 is 0. The third kappa shape index (κ3) is 3.35. The second-order valence-corrected chi connectivity index (χ2v) is 4.12. The van der Waals surface area contributed by atoms with Crippen LogP contribution in [0.15, 0.2) is 48.0 Å². The second-order valence-electron chi connectivity index (χ2n) is 3.71. The SMILES string of the molecule is CC(=NNC(=O)c1cnccn1)c1ccccc1Cl. The van der Waals surface area contributed by atoms with E-state index < -0.39 is 5.91 Å². The van der Waals surface area contributed by atoms with Gasteiger partial charge >= 0.3 is 0 Å². The van der Waals surface area contributed by atoms with Crippen LogP contribution in [0, 0.1) is 0 Å². The highest BCUT2D eigenvalue weighted by molar-refractivity contribution is 6.34. The summed E-state index contributed by atoms with van der Waals surface area (Å²) >= 11 is 6.04. The Morgan fingerprint density at radius 3 is 2.79 bits per heavy atom. The lowest BCUT2D eigenvalue weighted by atomic mass is 10.1. The first-order valence-corrected chi connectivity index (χ1v) is 5.92. The molecule has 0 aliphatic rings. The molecule has 1 heterocycles. The van der Waals surface area contributed by atoms with Gasteiger partial charge in [0.25, 0.3) is 5.91 Å². The molecule has 0 aliphatic heterocycles. The molecule has 6 heteroatoms. The van der Waals surface area contributed by atoms with Crippen molar-refractivity contribution in [2.45, 2.75) is 6.92 Å². The van der Waals surface area contributed by atoms with Gasteiger partial charge in [-0.15, -0.1) is 0 Å². The predicted molar refractivity (Wildman–Crippen MR) is 73.2 cm³/mol. The summed E-state index contributed by atoms with van der Waals surface area (Å²) in [5.41, 5.74) is 4.00. The molecule has 0 unspecified atom stereocenters. The number of benzene rings is 1. The minimum absolute atomic E-state index is 0.207. The summed E-state index contributed by atoms with van der Waals surface area (Å²) in [6, 6.07) is 7.28. The van der Waals surface area contributed by atoms with E-state index in [1.165, 1.54) is 18.6 Å². The lowest BCUT2D eigenvalue weighted by Gasteiger charge is -2.04. The second kappa shape index (κ2) is 6.06. The summed E-state index contributed by atoms with van der Waals surface area (Å²) in [6.07, 6.45) is 4.31. The number of carbonyl (C=O) groups excluding carboxylic acids is 1. The number of rotatable bonds is 3. The van der Waals surface area contributed by atoms with Crippen LogP contribution in [0.3, 0.4) is 0 Å². The van der Waals surface area contributed by atoms with Crippen molar-refractivity contribution in [3.8, 4) is 0 Å². The van der Waals surface area contributed by atoms with Crippen molar-refractivity contribution in [2.24, 2.45) is 5.10 Å². The maximum Gasteiger partial charge on any atom is 0.291 e. The van der Waals surface area contributed by atoms with Crippen LogP contribution in [-0.4, -0.2) is 21.6 Å². The first-order chi connectivity index (χ1) is 9.18. The zero-order chi connectivity index (χ0) is 13.7. The Hall–Kier alpha value is -2.27. The van der Waals surface area contributed by atoms with Gasteiger partial charge in [-0.1, -0.05) is 29.8 Å². The number of nitrogens with zero attached hydrogens (tertiary/aromatic N) is 3. The standard InChI is InChI=1S/C13H11ClN4O/c1-9(10-4-2-3-5-11(10)14)17-18-13(19)12-8-15-6-7-16-12/h2-8H,1H3,(H,18,19). The zero-order valence-corrected chi connectivity index (χ0v) is 10.9. The van der Waals surface area contributed by atoms with Crippen molar-refractivity contribution < 1.29 is 4.79 Å². The van der Waals surface area contributed by atoms with Gasteiger partial charge in [0, 0.05) is 23.0 Å². The van der Waals surface area contributed by atoms with Gasteiger partial charge < -0.3 is 0 Å². The van der Waals surface area contributed by atoms with Crippen LogP contribution in [0.1, 0.15) is 23.0 Å². The van der Waals surface area contributed by atoms with Crippen LogP contribution in [0.5, 0.6) is 0 Å². The average Bonchev–Trinajstić information content (AvgIpc) is 2.46. The van der Waals surface area contributed by atoms with Gasteiger partial charge in [-0.3, -0.25) is 9.78 Å². The number of hydrazone groups is 1. The van der Waals surface area contributed by atoms with Gasteiger partial charge in [0.15, 0.2) is 0 Å². The number of nitrogens with one attached hydrogen (secondary N) is 1. The summed E-state index contributed by atoms with van der Waals surface area (Å²) in [7, 11) is 0. The van der Waals surface area contributed by atoms with Crippen LogP contribution >= 0.6 is 11.6 Å². The molecule has 5 nitrogen and oxygen atoms in total. The third-order valence-corrected chi connectivity index (χ3v) is 2.71. The van der Waals surface area contributed by atoms with Crippen LogP contribution < -0.4 is 5.43 Å². The normalized spacial score (nSPS) is 11.2. The molecule has 0 bridgehead atoms. The maximum atomic E-state index is 11.7. The number of hydrogen-bond donors (Lipinski definition) is 1. The van der Waals surface area contributed by atoms with E-state index in [0.29, 0.717) is 10.7 Å². The first-order valence-electron chi connectivity index (χ1n) is 5.54. The smallest absolute Gasteiger partial charge is 0.265 e. The van der Waals surface area contributed by atoms with E-state index in [0.717, 1.165) is 5.56 Å². The quantitative estimate of drug-likeness (QED) is 0.690. The van der Waals surface area contributed by atoms with E-state index in [2.05, 4.69) is 20.5 Å². The van der Waals surface area contributed by atoms with Crippen LogP contribution in [0.4, 0.5) is 0 Å². The van der Waals surface area contributed by atoms with Crippen molar-refractivity contribution in [2.75, 3.05) is 0 Å². The highest BCUT2D eigenvalue weighted by atomic mass is 35.5. The lowest BCUT2D eigenvalue weighted by Crippen LogP contribution is -2.20. The summed E-state index contributed by atoms with van der Waals surface area (Å²) in [6.45, 7) is 1.76. The largest absolute Gasteiger partial charge is 0.291 e. The van der Waals surface area contributed by atoms with Crippen molar-refractivity contribution >= 4 is 23.2 Å². The Labute approximate surface area is 115 Å². The van der Waals surface area contributed by atoms with Gasteiger partial charge in [0.2, 0.25) is 0 Å². The molecular weight excluding hydrogens is 264 g/mol. The molecule has 0 saturated carbocycles. The minimum atomic E-state index is -0.417. The molecule has 1 aromatic carbocycles. The minimum Gasteiger partial charge on any atom is -0.265 e. The summed E-state index contributed by atoms with van der Waals surface area (Å²) in [5, 5.41) is 4.58. The molecule has 1 amide bonds. The Morgan fingerprint density at radius 2 is 2.11 bits per heavy atom. The Morgan fingerprint density at radius 1 is 1.32 bits per heavy atom. The van der Waals surface area contributed by atoms with Gasteiger partial charge in [0.1, 0.15) is 5.69 Å². The highest BCUT2D eigenvalue weighted by Crippen LogP contribution is 2.15. The van der Waals surface area contributed by atoms with E-state index in [9.17, 15) is 4.79 Å². The van der Waals surface area contributed by atoms with E-state index in [1.54, 1.807) is 13.0 Å². The molecular formula is C13H11ClN4O. The van der Waals surface area contributed by atoms with Gasteiger partial charge in [-0.05, 0) is 13.0 Å². The number of halogens is 1. The summed E-state index contributed by atoms with van der Waals surface area (Å²) in [4.78, 5) is 19.4. The van der Waals surface area contributed by atoms with Gasteiger partial charge in [0.05, 0.1) is 11.9 Å². The molecule has 0 aliphatic carbocycles. The van der Waals surface area contributed by atoms with E-state index in [1.807, 2.05) is 18.2 Å². The highest BCUT2D eigenvalue weighted by Gasteiger charge is 2.07. The van der Waals surface area contributed by atoms with Crippen LogP contribution in [-0.2, 0) is 0 Å². The summed E-state index contributed by atoms with van der Waals surface area (Å²) in [5.74, 6) is -0.417. The van der Waals surface area contributed by atoms with Crippen molar-refractivity contribution in [1.82, 2.24) is 15.4 Å². The Bertz CT molecular complexity index is 613. The average molecular weight is 275 g/mol. The molecule has 2 aromatic rings. The molecule has 0 fully saturated rings. The van der Waals surface area contributed by atoms with E-state index in [-0.39, 0.29) is 5.69 Å². The van der Waals surface area contributed by atoms with Crippen LogP contribution in [0.25, 0.3) is 0 Å². The Kier molecular flexibility index (Phi) is 4.20. The maximum absolute atomic E-state index is 11.7. The monoisotopic (exact) mass is 274 g/mol. The van der Waals surface area contributed by atoms with Gasteiger partial charge in [-0.25, -0.2) is 10.4 Å². The predicted octanol–water partition coefficient (Wildman–Crippen LogP) is 2.28.